The fraction of sp³-hybridized carbons (Fsp3) is 0. The number of rotatable bonds is 8. The van der Waals surface area contributed by atoms with Gasteiger partial charge < -0.3 is 18.2 Å². The molecule has 0 aliphatic carbocycles. The number of anilines is 3. The molecule has 0 spiro atoms. The Hall–Kier alpha value is -9.38. The van der Waals surface area contributed by atoms with Crippen LogP contribution in [0.3, 0.4) is 0 Å². The summed E-state index contributed by atoms with van der Waals surface area (Å²) in [7, 11) is 0. The van der Waals surface area contributed by atoms with Crippen molar-refractivity contribution in [1.29, 1.82) is 0 Å². The van der Waals surface area contributed by atoms with E-state index in [2.05, 4.69) is 217 Å². The summed E-state index contributed by atoms with van der Waals surface area (Å²) in [6.45, 7) is 0. The van der Waals surface area contributed by atoms with Crippen LogP contribution in [0.5, 0.6) is 0 Å². The maximum absolute atomic E-state index is 6.20. The van der Waals surface area contributed by atoms with E-state index < -0.39 is 0 Å². The van der Waals surface area contributed by atoms with E-state index in [1.54, 1.807) is 0 Å². The van der Waals surface area contributed by atoms with Crippen LogP contribution < -0.4 is 4.90 Å². The van der Waals surface area contributed by atoms with E-state index in [1.807, 2.05) is 36.4 Å². The van der Waals surface area contributed by atoms with E-state index >= 15 is 0 Å². The Balaban J connectivity index is 0.769. The van der Waals surface area contributed by atoms with Crippen molar-refractivity contribution in [2.45, 2.75) is 0 Å². The van der Waals surface area contributed by atoms with Gasteiger partial charge in [-0.2, -0.15) is 0 Å². The molecule has 0 aliphatic heterocycles. The quantitative estimate of drug-likeness (QED) is 0.152. The van der Waals surface area contributed by atoms with Crippen molar-refractivity contribution in [1.82, 2.24) is 0 Å². The van der Waals surface area contributed by atoms with Crippen LogP contribution in [0.2, 0.25) is 0 Å². The van der Waals surface area contributed by atoms with Crippen LogP contribution in [0.1, 0.15) is 0 Å². The molecule has 0 radical (unpaired) electrons. The average molecular weight is 896 g/mol. The van der Waals surface area contributed by atoms with Crippen LogP contribution in [-0.2, 0) is 0 Å². The van der Waals surface area contributed by atoms with Gasteiger partial charge in [-0.3, -0.25) is 0 Å². The summed E-state index contributed by atoms with van der Waals surface area (Å²) in [5.41, 5.74) is 20.1. The number of hydrogen-bond acceptors (Lipinski definition) is 4. The molecule has 0 N–H and O–H groups in total. The molecule has 328 valence electrons. The normalized spacial score (nSPS) is 11.7. The highest BCUT2D eigenvalue weighted by Gasteiger charge is 2.16. The van der Waals surface area contributed by atoms with E-state index in [1.165, 1.54) is 0 Å². The number of para-hydroxylation sites is 3. The average Bonchev–Trinajstić information content (AvgIpc) is 4.12. The highest BCUT2D eigenvalue weighted by atomic mass is 16.3. The summed E-state index contributed by atoms with van der Waals surface area (Å²) in [5, 5.41) is 6.81. The van der Waals surface area contributed by atoms with Crippen molar-refractivity contribution in [3.8, 4) is 55.6 Å². The maximum Gasteiger partial charge on any atom is 0.136 e. The van der Waals surface area contributed by atoms with Gasteiger partial charge in [0, 0.05) is 49.4 Å². The van der Waals surface area contributed by atoms with Gasteiger partial charge in [-0.1, -0.05) is 158 Å². The second kappa shape index (κ2) is 16.2. The van der Waals surface area contributed by atoms with Crippen molar-refractivity contribution in [3.05, 3.63) is 249 Å². The zero-order chi connectivity index (χ0) is 46.1. The first-order chi connectivity index (χ1) is 34.6. The van der Waals surface area contributed by atoms with E-state index in [4.69, 9.17) is 13.3 Å². The Bertz CT molecular complexity index is 4050. The highest BCUT2D eigenvalue weighted by molar-refractivity contribution is 6.08. The minimum atomic E-state index is 0.896. The van der Waals surface area contributed by atoms with Crippen LogP contribution in [0.4, 0.5) is 17.1 Å². The lowest BCUT2D eigenvalue weighted by Crippen LogP contribution is -2.09. The second-order valence-corrected chi connectivity index (χ2v) is 18.1. The molecule has 11 aromatic carbocycles. The molecule has 0 saturated heterocycles. The molecule has 0 atom stereocenters. The first kappa shape index (κ1) is 39.8. The van der Waals surface area contributed by atoms with Gasteiger partial charge in [-0.25, -0.2) is 0 Å². The Morgan fingerprint density at radius 1 is 0.186 bits per heavy atom. The van der Waals surface area contributed by atoms with Gasteiger partial charge in [0.1, 0.15) is 33.5 Å². The maximum atomic E-state index is 6.20. The molecular weight excluding hydrogens is 855 g/mol. The van der Waals surface area contributed by atoms with Crippen LogP contribution in [0.25, 0.3) is 121 Å². The molecule has 0 amide bonds. The third-order valence-electron chi connectivity index (χ3n) is 13.9. The van der Waals surface area contributed by atoms with Crippen LogP contribution in [0, 0.1) is 0 Å². The van der Waals surface area contributed by atoms with E-state index in [0.717, 1.165) is 139 Å². The third-order valence-corrected chi connectivity index (χ3v) is 13.9. The van der Waals surface area contributed by atoms with Crippen molar-refractivity contribution in [3.63, 3.8) is 0 Å². The zero-order valence-electron chi connectivity index (χ0n) is 37.8. The molecule has 3 aromatic heterocycles. The van der Waals surface area contributed by atoms with Crippen LogP contribution in [-0.4, -0.2) is 0 Å². The highest BCUT2D eigenvalue weighted by Crippen LogP contribution is 2.40. The Labute approximate surface area is 403 Å². The van der Waals surface area contributed by atoms with E-state index in [-0.39, 0.29) is 0 Å². The van der Waals surface area contributed by atoms with Gasteiger partial charge in [-0.15, -0.1) is 0 Å². The lowest BCUT2D eigenvalue weighted by atomic mass is 9.98. The van der Waals surface area contributed by atoms with Gasteiger partial charge in [0.25, 0.3) is 0 Å². The first-order valence-electron chi connectivity index (χ1n) is 23.7. The van der Waals surface area contributed by atoms with Gasteiger partial charge >= 0.3 is 0 Å². The fourth-order valence-corrected chi connectivity index (χ4v) is 10.3. The lowest BCUT2D eigenvalue weighted by molar-refractivity contribution is 0.668. The van der Waals surface area contributed by atoms with Gasteiger partial charge in [0.2, 0.25) is 0 Å². The summed E-state index contributed by atoms with van der Waals surface area (Å²) >= 11 is 0. The number of furan rings is 3. The molecule has 14 rings (SSSR count). The molecule has 14 aromatic rings. The Kier molecular flexibility index (Phi) is 9.17. The predicted molar refractivity (Wildman–Crippen MR) is 290 cm³/mol. The molecule has 0 unspecified atom stereocenters. The van der Waals surface area contributed by atoms with Gasteiger partial charge in [0.15, 0.2) is 0 Å². The molecule has 0 aliphatic rings. The molecule has 4 nitrogen and oxygen atoms in total. The largest absolute Gasteiger partial charge is 0.456 e. The number of fused-ring (bicyclic) bond motifs is 9. The number of hydrogen-bond donors (Lipinski definition) is 0. The first-order valence-corrected chi connectivity index (χ1v) is 23.7. The number of nitrogens with zero attached hydrogens (tertiary/aromatic N) is 1. The third kappa shape index (κ3) is 6.85. The van der Waals surface area contributed by atoms with Crippen LogP contribution >= 0.6 is 0 Å². The summed E-state index contributed by atoms with van der Waals surface area (Å²) in [4.78, 5) is 2.33. The topological polar surface area (TPSA) is 42.7 Å². The Morgan fingerprint density at radius 3 is 0.843 bits per heavy atom. The molecule has 0 bridgehead atoms. The van der Waals surface area contributed by atoms with Gasteiger partial charge in [-0.05, 0) is 147 Å². The molecule has 4 heteroatoms. The van der Waals surface area contributed by atoms with Crippen LogP contribution in [0.15, 0.2) is 262 Å². The van der Waals surface area contributed by atoms with Crippen molar-refractivity contribution in [2.75, 3.05) is 4.90 Å². The number of benzene rings is 11. The SMILES string of the molecule is c1ccc2c(c1)oc1cc(-c3ccc(-c4ccc(N(c5ccc(-c6ccc(-c7ccc8c(c7)oc7ccccc78)cc6)cc5)c5ccc(-c6ccc7oc8ccccc8c7c6)cc5)cc4)cc3)ccc12. The fourth-order valence-electron chi connectivity index (χ4n) is 10.3. The summed E-state index contributed by atoms with van der Waals surface area (Å²) < 4.78 is 18.5. The van der Waals surface area contributed by atoms with Crippen molar-refractivity contribution >= 4 is 82.9 Å². The van der Waals surface area contributed by atoms with Gasteiger partial charge in [0.05, 0.1) is 0 Å². The smallest absolute Gasteiger partial charge is 0.136 e. The summed E-state index contributed by atoms with van der Waals surface area (Å²) in [5.74, 6) is 0. The van der Waals surface area contributed by atoms with E-state index in [9.17, 15) is 0 Å². The monoisotopic (exact) mass is 895 g/mol. The summed E-state index contributed by atoms with van der Waals surface area (Å²) in [6, 6.07) is 88.4. The molecule has 3 heterocycles. The van der Waals surface area contributed by atoms with Crippen molar-refractivity contribution in [2.24, 2.45) is 0 Å². The second-order valence-electron chi connectivity index (χ2n) is 18.1. The Morgan fingerprint density at radius 2 is 0.443 bits per heavy atom. The minimum absolute atomic E-state index is 0.896. The minimum Gasteiger partial charge on any atom is -0.456 e. The molecular formula is C66H41NO3. The summed E-state index contributed by atoms with van der Waals surface area (Å²) in [6.07, 6.45) is 0. The zero-order valence-corrected chi connectivity index (χ0v) is 37.8. The molecule has 0 fully saturated rings. The van der Waals surface area contributed by atoms with E-state index in [0.29, 0.717) is 0 Å². The predicted octanol–water partition coefficient (Wildman–Crippen LogP) is 19.2. The lowest BCUT2D eigenvalue weighted by Gasteiger charge is -2.26. The van der Waals surface area contributed by atoms with Crippen molar-refractivity contribution < 1.29 is 13.3 Å². The molecule has 70 heavy (non-hydrogen) atoms. The molecule has 0 saturated carbocycles. The standard InChI is InChI=1S/C66H41NO3/c1-4-10-61-55(7-1)58-36-27-50(40-65(58)69-61)46-17-13-42(14-18-46)44-21-30-52(31-22-44)67(54-34-25-48(26-35-54)49-29-38-64-60(39-49)57-9-3-6-12-63(57)68-64)53-32-23-45(24-33-53)43-15-19-47(20-16-43)51-28-37-59-56-8-2-5-11-62(56)70-66(59)41-51/h1-41H.